The molecule has 13 heteroatoms. The summed E-state index contributed by atoms with van der Waals surface area (Å²) in [4.78, 5) is 33.8. The van der Waals surface area contributed by atoms with Gasteiger partial charge < -0.3 is 10.2 Å². The number of amides is 2. The first-order valence-electron chi connectivity index (χ1n) is 14.8. The van der Waals surface area contributed by atoms with Crippen LogP contribution in [0.25, 0.3) is 0 Å². The topological polar surface area (TPSA) is 116 Å². The van der Waals surface area contributed by atoms with E-state index < -0.39 is 29.4 Å². The van der Waals surface area contributed by atoms with Crippen LogP contribution in [0.15, 0.2) is 47.5 Å². The summed E-state index contributed by atoms with van der Waals surface area (Å²) in [7, 11) is 0. The Balaban J connectivity index is 1.49. The number of nitrogens with zero attached hydrogens (tertiary/aromatic N) is 5. The average Bonchev–Trinajstić information content (AvgIpc) is 3.61. The molecule has 0 bridgehead atoms. The highest BCUT2D eigenvalue weighted by molar-refractivity contribution is 6.47. The minimum Gasteiger partial charge on any atom is -0.345 e. The molecule has 1 spiro atoms. The van der Waals surface area contributed by atoms with Crippen molar-refractivity contribution in [3.05, 3.63) is 75.6 Å². The number of hydrogen-bond donors (Lipinski definition) is 2. The molecule has 1 fully saturated rings. The lowest BCUT2D eigenvalue weighted by atomic mass is 9.76. The zero-order chi connectivity index (χ0) is 31.6. The van der Waals surface area contributed by atoms with Crippen molar-refractivity contribution in [3.8, 4) is 0 Å². The molecule has 9 nitrogen and oxygen atoms in total. The molecule has 234 valence electrons. The number of nitrogens with one attached hydrogen (secondary N) is 2. The molecule has 3 aromatic rings. The van der Waals surface area contributed by atoms with Gasteiger partial charge in [0.25, 0.3) is 11.8 Å². The molecule has 2 amide bonds. The number of benzene rings is 2. The number of tetrazole rings is 1. The van der Waals surface area contributed by atoms with Crippen LogP contribution in [-0.4, -0.2) is 48.7 Å². The molecule has 1 atom stereocenters. The van der Waals surface area contributed by atoms with E-state index >= 15 is 0 Å². The van der Waals surface area contributed by atoms with Gasteiger partial charge in [0, 0.05) is 16.1 Å². The van der Waals surface area contributed by atoms with Gasteiger partial charge in [0.05, 0.1) is 18.2 Å². The van der Waals surface area contributed by atoms with E-state index in [1.165, 1.54) is 6.07 Å². The normalized spacial score (nSPS) is 21.2. The van der Waals surface area contributed by atoms with Gasteiger partial charge in [-0.15, -0.1) is 10.2 Å². The van der Waals surface area contributed by atoms with Crippen molar-refractivity contribution in [3.63, 3.8) is 0 Å². The number of hydrogen-bond acceptors (Lipinski definition) is 6. The molecule has 2 N–H and O–H groups in total. The van der Waals surface area contributed by atoms with Crippen molar-refractivity contribution in [2.24, 2.45) is 16.8 Å². The summed E-state index contributed by atoms with van der Waals surface area (Å²) in [5, 5.41) is 16.1. The molecule has 1 aromatic heterocycles. The largest absolute Gasteiger partial charge is 0.416 e. The Bertz CT molecular complexity index is 1520. The van der Waals surface area contributed by atoms with E-state index in [1.54, 1.807) is 17.0 Å². The number of aromatic nitrogens is 4. The number of aliphatic imine (C=N–C) groups is 1. The smallest absolute Gasteiger partial charge is 0.345 e. The Kier molecular flexibility index (Phi) is 9.10. The standard InChI is InChI=1S/C31H35ClF3N7O2/c1-4-5-25(20-6-8-21(9-7-20)28(43)36-17-26-38-40-41-39-26)42-29(44)27(22-14-23(31(33,34)35)16-24(32)15-22)37-30(42)12-10-19(11-13-30)18(2)3/h6-9,14-16,18-19,25H,4-5,10-13,17H2,1-3H3,(H,36,43)(H,38,39,40,41)/t19?,25-,30?/m1/s1. The highest BCUT2D eigenvalue weighted by Gasteiger charge is 2.52. The highest BCUT2D eigenvalue weighted by atomic mass is 35.5. The van der Waals surface area contributed by atoms with Crippen LogP contribution in [0.2, 0.25) is 5.02 Å². The first kappa shape index (κ1) is 31.6. The molecule has 2 aromatic carbocycles. The van der Waals surface area contributed by atoms with E-state index in [4.69, 9.17) is 16.6 Å². The molecule has 0 unspecified atom stereocenters. The third-order valence-corrected chi connectivity index (χ3v) is 8.91. The van der Waals surface area contributed by atoms with Crippen LogP contribution in [0, 0.1) is 11.8 Å². The lowest BCUT2D eigenvalue weighted by Crippen LogP contribution is -2.51. The van der Waals surface area contributed by atoms with Gasteiger partial charge in [-0.1, -0.05) is 56.1 Å². The Morgan fingerprint density at radius 3 is 2.45 bits per heavy atom. The number of carbonyl (C=O) groups excluding carboxylic acids is 2. The van der Waals surface area contributed by atoms with Crippen LogP contribution in [0.4, 0.5) is 13.2 Å². The first-order chi connectivity index (χ1) is 20.9. The molecule has 2 aliphatic rings. The first-order valence-corrected chi connectivity index (χ1v) is 15.2. The van der Waals surface area contributed by atoms with Crippen molar-refractivity contribution in [2.75, 3.05) is 0 Å². The van der Waals surface area contributed by atoms with E-state index in [2.05, 4.69) is 39.8 Å². The quantitative estimate of drug-likeness (QED) is 0.280. The van der Waals surface area contributed by atoms with Crippen LogP contribution >= 0.6 is 11.6 Å². The Labute approximate surface area is 258 Å². The molecule has 0 radical (unpaired) electrons. The van der Waals surface area contributed by atoms with Crippen LogP contribution in [0.3, 0.4) is 0 Å². The minimum atomic E-state index is -4.63. The fourth-order valence-electron chi connectivity index (χ4n) is 6.34. The van der Waals surface area contributed by atoms with Gasteiger partial charge >= 0.3 is 6.18 Å². The zero-order valence-electron chi connectivity index (χ0n) is 24.8. The van der Waals surface area contributed by atoms with Gasteiger partial charge in [0.2, 0.25) is 0 Å². The summed E-state index contributed by atoms with van der Waals surface area (Å²) in [5.41, 5.74) is -0.517. The van der Waals surface area contributed by atoms with Crippen molar-refractivity contribution in [1.82, 2.24) is 30.8 Å². The number of aromatic amines is 1. The van der Waals surface area contributed by atoms with E-state index in [-0.39, 0.29) is 28.7 Å². The Morgan fingerprint density at radius 2 is 1.86 bits per heavy atom. The van der Waals surface area contributed by atoms with E-state index in [0.29, 0.717) is 42.5 Å². The lowest BCUT2D eigenvalue weighted by Gasteiger charge is -2.46. The average molecular weight is 630 g/mol. The molecule has 1 saturated carbocycles. The lowest BCUT2D eigenvalue weighted by molar-refractivity contribution is -0.137. The minimum absolute atomic E-state index is 0.000404. The summed E-state index contributed by atoms with van der Waals surface area (Å²) < 4.78 is 41.1. The molecular formula is C31H35ClF3N7O2. The fourth-order valence-corrected chi connectivity index (χ4v) is 6.57. The predicted octanol–water partition coefficient (Wildman–Crippen LogP) is 6.52. The monoisotopic (exact) mass is 629 g/mol. The van der Waals surface area contributed by atoms with Crippen LogP contribution < -0.4 is 5.32 Å². The molecular weight excluding hydrogens is 595 g/mol. The SMILES string of the molecule is CCC[C@H](c1ccc(C(=O)NCc2nn[nH]n2)cc1)N1C(=O)C(c2cc(Cl)cc(C(F)(F)F)c2)=NC12CCC(C(C)C)CC2. The second-order valence-corrected chi connectivity index (χ2v) is 12.3. The van der Waals surface area contributed by atoms with E-state index in [0.717, 1.165) is 37.0 Å². The van der Waals surface area contributed by atoms with Gasteiger partial charge in [-0.25, -0.2) is 0 Å². The highest BCUT2D eigenvalue weighted by Crippen LogP contribution is 2.48. The van der Waals surface area contributed by atoms with Gasteiger partial charge in [0.15, 0.2) is 5.82 Å². The summed E-state index contributed by atoms with van der Waals surface area (Å²) in [6.45, 7) is 6.49. The maximum absolute atomic E-state index is 14.3. The Morgan fingerprint density at radius 1 is 1.16 bits per heavy atom. The third-order valence-electron chi connectivity index (χ3n) is 8.69. The number of carbonyl (C=O) groups is 2. The van der Waals surface area contributed by atoms with E-state index in [1.807, 2.05) is 19.1 Å². The number of alkyl halides is 3. The molecule has 5 rings (SSSR count). The maximum atomic E-state index is 14.3. The number of rotatable bonds is 9. The second-order valence-electron chi connectivity index (χ2n) is 11.9. The maximum Gasteiger partial charge on any atom is 0.416 e. The summed E-state index contributed by atoms with van der Waals surface area (Å²) >= 11 is 6.13. The third kappa shape index (κ3) is 6.50. The summed E-state index contributed by atoms with van der Waals surface area (Å²) in [6, 6.07) is 9.82. The summed E-state index contributed by atoms with van der Waals surface area (Å²) in [5.74, 6) is 0.550. The Hall–Kier alpha value is -3.80. The molecule has 44 heavy (non-hydrogen) atoms. The van der Waals surface area contributed by atoms with Crippen molar-refractivity contribution in [2.45, 2.75) is 83.7 Å². The summed E-state index contributed by atoms with van der Waals surface area (Å²) in [6.07, 6.45) is -0.366. The van der Waals surface area contributed by atoms with Gasteiger partial charge in [0.1, 0.15) is 11.4 Å². The zero-order valence-corrected chi connectivity index (χ0v) is 25.5. The van der Waals surface area contributed by atoms with E-state index in [9.17, 15) is 22.8 Å². The van der Waals surface area contributed by atoms with Gasteiger partial charge in [-0.05, 0) is 79.8 Å². The van der Waals surface area contributed by atoms with Crippen LogP contribution in [-0.2, 0) is 17.5 Å². The predicted molar refractivity (Wildman–Crippen MR) is 159 cm³/mol. The molecule has 1 aliphatic carbocycles. The van der Waals surface area contributed by atoms with Gasteiger partial charge in [-0.3, -0.25) is 14.6 Å². The van der Waals surface area contributed by atoms with Crippen LogP contribution in [0.1, 0.15) is 98.2 Å². The second kappa shape index (κ2) is 12.7. The van der Waals surface area contributed by atoms with Gasteiger partial charge in [-0.2, -0.15) is 18.4 Å². The van der Waals surface area contributed by atoms with Crippen molar-refractivity contribution >= 4 is 29.1 Å². The van der Waals surface area contributed by atoms with Crippen molar-refractivity contribution < 1.29 is 22.8 Å². The molecule has 2 heterocycles. The van der Waals surface area contributed by atoms with Crippen LogP contribution in [0.5, 0.6) is 0 Å². The fraction of sp³-hybridized carbons (Fsp3) is 0.484. The number of halogens is 4. The number of H-pyrrole nitrogens is 1. The van der Waals surface area contributed by atoms with Crippen molar-refractivity contribution in [1.29, 1.82) is 0 Å². The molecule has 1 aliphatic heterocycles. The molecule has 0 saturated heterocycles.